The van der Waals surface area contributed by atoms with Crippen molar-refractivity contribution in [2.45, 2.75) is 39.2 Å². The summed E-state index contributed by atoms with van der Waals surface area (Å²) in [4.78, 5) is 16.5. The van der Waals surface area contributed by atoms with Crippen LogP contribution in [0.15, 0.2) is 0 Å². The van der Waals surface area contributed by atoms with E-state index in [1.54, 1.807) is 0 Å². The molecule has 0 radical (unpaired) electrons. The van der Waals surface area contributed by atoms with E-state index in [0.717, 1.165) is 19.5 Å². The van der Waals surface area contributed by atoms with Crippen molar-refractivity contribution in [3.05, 3.63) is 0 Å². The fourth-order valence-corrected chi connectivity index (χ4v) is 2.20. The van der Waals surface area contributed by atoms with Crippen LogP contribution in [0.3, 0.4) is 0 Å². The molecule has 0 aromatic rings. The molecule has 1 aliphatic heterocycles. The lowest BCUT2D eigenvalue weighted by Crippen LogP contribution is -2.47. The van der Waals surface area contributed by atoms with Crippen molar-refractivity contribution in [1.29, 1.82) is 0 Å². The number of carbonyl (C=O) groups excluding carboxylic acids is 1. The fraction of sp³-hybridized carbons (Fsp3) is 0.923. The molecule has 0 aromatic carbocycles. The van der Waals surface area contributed by atoms with Crippen molar-refractivity contribution in [3.8, 4) is 0 Å². The summed E-state index contributed by atoms with van der Waals surface area (Å²) in [5.41, 5.74) is 0. The van der Waals surface area contributed by atoms with Gasteiger partial charge in [0.05, 0.1) is 6.54 Å². The first kappa shape index (κ1) is 13.7. The number of carbonyl (C=O) groups is 1. The molecule has 1 aliphatic rings. The Bertz CT molecular complexity index is 228. The maximum atomic E-state index is 11.9. The Balaban J connectivity index is 2.40. The molecule has 2 unspecified atom stereocenters. The van der Waals surface area contributed by atoms with Crippen LogP contribution in [0.25, 0.3) is 0 Å². The van der Waals surface area contributed by atoms with Gasteiger partial charge in [0.1, 0.15) is 5.78 Å². The maximum absolute atomic E-state index is 11.9. The summed E-state index contributed by atoms with van der Waals surface area (Å²) in [6.07, 6.45) is 3.45. The van der Waals surface area contributed by atoms with Gasteiger partial charge in [-0.05, 0) is 39.9 Å². The third-order valence-electron chi connectivity index (χ3n) is 3.75. The summed E-state index contributed by atoms with van der Waals surface area (Å²) in [5, 5.41) is 0. The van der Waals surface area contributed by atoms with Crippen molar-refractivity contribution in [1.82, 2.24) is 9.80 Å². The maximum Gasteiger partial charge on any atom is 0.149 e. The first-order valence-electron chi connectivity index (χ1n) is 6.46. The molecule has 94 valence electrons. The molecule has 3 nitrogen and oxygen atoms in total. The Labute approximate surface area is 99.8 Å². The number of nitrogens with zero attached hydrogens (tertiary/aromatic N) is 2. The third kappa shape index (κ3) is 3.87. The second kappa shape index (κ2) is 6.36. The number of likely N-dealkylation sites (tertiary alicyclic amines) is 1. The minimum Gasteiger partial charge on any atom is -0.305 e. The van der Waals surface area contributed by atoms with Gasteiger partial charge in [0.2, 0.25) is 0 Å². The highest BCUT2D eigenvalue weighted by Gasteiger charge is 2.23. The number of hydrogen-bond donors (Lipinski definition) is 0. The van der Waals surface area contributed by atoms with Crippen molar-refractivity contribution in [2.75, 3.05) is 33.7 Å². The van der Waals surface area contributed by atoms with E-state index >= 15 is 0 Å². The van der Waals surface area contributed by atoms with Gasteiger partial charge >= 0.3 is 0 Å². The lowest BCUT2D eigenvalue weighted by molar-refractivity contribution is -0.124. The normalized spacial score (nSPS) is 24.7. The van der Waals surface area contributed by atoms with Crippen molar-refractivity contribution < 1.29 is 4.79 Å². The summed E-state index contributed by atoms with van der Waals surface area (Å²) in [5.74, 6) is 0.627. The van der Waals surface area contributed by atoms with E-state index in [4.69, 9.17) is 0 Å². The van der Waals surface area contributed by atoms with Gasteiger partial charge in [-0.1, -0.05) is 13.8 Å². The van der Waals surface area contributed by atoms with Crippen LogP contribution in [0, 0.1) is 5.92 Å². The molecule has 0 aromatic heterocycles. The average Bonchev–Trinajstić information content (AvgIpc) is 2.28. The topological polar surface area (TPSA) is 23.6 Å². The zero-order valence-electron chi connectivity index (χ0n) is 11.2. The fourth-order valence-electron chi connectivity index (χ4n) is 2.20. The van der Waals surface area contributed by atoms with Gasteiger partial charge in [-0.3, -0.25) is 9.69 Å². The second-order valence-electron chi connectivity index (χ2n) is 5.27. The van der Waals surface area contributed by atoms with Gasteiger partial charge in [0.15, 0.2) is 0 Å². The average molecular weight is 226 g/mol. The molecule has 0 N–H and O–H groups in total. The molecule has 0 bridgehead atoms. The van der Waals surface area contributed by atoms with Gasteiger partial charge < -0.3 is 4.90 Å². The van der Waals surface area contributed by atoms with Crippen LogP contribution in [-0.4, -0.2) is 55.4 Å². The number of piperidine rings is 1. The van der Waals surface area contributed by atoms with Gasteiger partial charge in [0.25, 0.3) is 0 Å². The van der Waals surface area contributed by atoms with E-state index in [1.165, 1.54) is 12.8 Å². The molecule has 1 heterocycles. The summed E-state index contributed by atoms with van der Waals surface area (Å²) in [6, 6.07) is 0.624. The number of rotatable bonds is 5. The molecule has 16 heavy (non-hydrogen) atoms. The van der Waals surface area contributed by atoms with E-state index in [9.17, 15) is 4.79 Å². The van der Waals surface area contributed by atoms with Gasteiger partial charge in [-0.25, -0.2) is 0 Å². The smallest absolute Gasteiger partial charge is 0.149 e. The second-order valence-corrected chi connectivity index (χ2v) is 5.27. The number of Topliss-reactive ketones (excluding diaryl/α,β-unsaturated/α-hetero) is 1. The first-order chi connectivity index (χ1) is 7.54. The highest BCUT2D eigenvalue weighted by molar-refractivity contribution is 5.82. The van der Waals surface area contributed by atoms with E-state index < -0.39 is 0 Å². The molecule has 1 rings (SSSR count). The minimum absolute atomic E-state index is 0.222. The van der Waals surface area contributed by atoms with Crippen LogP contribution >= 0.6 is 0 Å². The zero-order valence-corrected chi connectivity index (χ0v) is 11.2. The zero-order chi connectivity index (χ0) is 12.1. The number of hydrogen-bond acceptors (Lipinski definition) is 3. The van der Waals surface area contributed by atoms with Crippen molar-refractivity contribution in [2.24, 2.45) is 5.92 Å². The highest BCUT2D eigenvalue weighted by atomic mass is 16.1. The molecule has 1 fully saturated rings. The first-order valence-corrected chi connectivity index (χ1v) is 6.46. The number of likely N-dealkylation sites (N-methyl/N-ethyl adjacent to an activating group) is 1. The summed E-state index contributed by atoms with van der Waals surface area (Å²) < 4.78 is 0. The monoisotopic (exact) mass is 226 g/mol. The third-order valence-corrected chi connectivity index (χ3v) is 3.75. The van der Waals surface area contributed by atoms with Crippen LogP contribution in [0.4, 0.5) is 0 Å². The van der Waals surface area contributed by atoms with Gasteiger partial charge in [0, 0.05) is 18.5 Å². The van der Waals surface area contributed by atoms with Crippen LogP contribution < -0.4 is 0 Å². The predicted octanol–water partition coefficient (Wildman–Crippen LogP) is 1.63. The Morgan fingerprint density at radius 3 is 2.75 bits per heavy atom. The highest BCUT2D eigenvalue weighted by Crippen LogP contribution is 2.14. The van der Waals surface area contributed by atoms with Crippen LogP contribution in [0.2, 0.25) is 0 Å². The standard InChI is InChI=1S/C13H26N2O/c1-5-11(2)13(16)10-15-8-6-7-12(9-15)14(3)4/h11-12H,5-10H2,1-4H3. The summed E-state index contributed by atoms with van der Waals surface area (Å²) in [6.45, 7) is 6.91. The van der Waals surface area contributed by atoms with E-state index in [1.807, 2.05) is 6.92 Å². The predicted molar refractivity (Wildman–Crippen MR) is 67.6 cm³/mol. The van der Waals surface area contributed by atoms with E-state index in [2.05, 4.69) is 30.8 Å². The molecule has 1 saturated heterocycles. The van der Waals surface area contributed by atoms with Crippen LogP contribution in [-0.2, 0) is 4.79 Å². The van der Waals surface area contributed by atoms with Crippen molar-refractivity contribution >= 4 is 5.78 Å². The minimum atomic E-state index is 0.222. The van der Waals surface area contributed by atoms with Crippen LogP contribution in [0.1, 0.15) is 33.1 Å². The molecule has 0 amide bonds. The lowest BCUT2D eigenvalue weighted by Gasteiger charge is -2.36. The quantitative estimate of drug-likeness (QED) is 0.712. The van der Waals surface area contributed by atoms with Crippen LogP contribution in [0.5, 0.6) is 0 Å². The molecule has 2 atom stereocenters. The number of ketones is 1. The summed E-state index contributed by atoms with van der Waals surface area (Å²) in [7, 11) is 4.26. The Hall–Kier alpha value is -0.410. The Morgan fingerprint density at radius 1 is 1.50 bits per heavy atom. The van der Waals surface area contributed by atoms with Crippen molar-refractivity contribution in [3.63, 3.8) is 0 Å². The Morgan fingerprint density at radius 2 is 2.19 bits per heavy atom. The summed E-state index contributed by atoms with van der Waals surface area (Å²) >= 11 is 0. The Kier molecular flexibility index (Phi) is 5.42. The van der Waals surface area contributed by atoms with E-state index in [0.29, 0.717) is 18.4 Å². The van der Waals surface area contributed by atoms with Gasteiger partial charge in [-0.15, -0.1) is 0 Å². The van der Waals surface area contributed by atoms with E-state index in [-0.39, 0.29) is 5.92 Å². The lowest BCUT2D eigenvalue weighted by atomic mass is 10.0. The molecule has 0 saturated carbocycles. The van der Waals surface area contributed by atoms with Gasteiger partial charge in [-0.2, -0.15) is 0 Å². The molecular formula is C13H26N2O. The molecular weight excluding hydrogens is 200 g/mol. The molecule has 0 spiro atoms. The molecule has 3 heteroatoms. The largest absolute Gasteiger partial charge is 0.305 e. The SMILES string of the molecule is CCC(C)C(=O)CN1CCCC(N(C)C)C1. The molecule has 0 aliphatic carbocycles.